The van der Waals surface area contributed by atoms with Gasteiger partial charge in [-0.2, -0.15) is 0 Å². The van der Waals surface area contributed by atoms with Crippen LogP contribution in [0.2, 0.25) is 0 Å². The van der Waals surface area contributed by atoms with E-state index in [4.69, 9.17) is 4.74 Å². The Morgan fingerprint density at radius 1 is 1.00 bits per heavy atom. The molecule has 0 aliphatic rings. The molecule has 33 heavy (non-hydrogen) atoms. The zero-order valence-electron chi connectivity index (χ0n) is 19.0. The van der Waals surface area contributed by atoms with E-state index in [0.29, 0.717) is 11.3 Å². The van der Waals surface area contributed by atoms with E-state index in [0.717, 1.165) is 16.8 Å². The van der Waals surface area contributed by atoms with Crippen LogP contribution in [0.1, 0.15) is 36.5 Å². The number of aryl methyl sites for hydroxylation is 2. The topological polar surface area (TPSA) is 84.5 Å². The lowest BCUT2D eigenvalue weighted by molar-refractivity contribution is -0.118. The summed E-state index contributed by atoms with van der Waals surface area (Å²) in [6, 6.07) is 15.3. The van der Waals surface area contributed by atoms with Crippen molar-refractivity contribution in [1.82, 2.24) is 0 Å². The number of anilines is 2. The minimum absolute atomic E-state index is 0.0302. The first-order chi connectivity index (χ1) is 15.6. The molecule has 0 radical (unpaired) electrons. The van der Waals surface area contributed by atoms with E-state index in [1.165, 1.54) is 42.5 Å². The summed E-state index contributed by atoms with van der Waals surface area (Å²) in [4.78, 5) is 12.5. The summed E-state index contributed by atoms with van der Waals surface area (Å²) in [5.41, 5.74) is 3.61. The Balaban J connectivity index is 1.67. The van der Waals surface area contributed by atoms with E-state index in [1.807, 2.05) is 25.1 Å². The smallest absolute Gasteiger partial charge is 0.262 e. The Morgan fingerprint density at radius 3 is 2.33 bits per heavy atom. The average molecular weight is 471 g/mol. The summed E-state index contributed by atoms with van der Waals surface area (Å²) in [6.07, 6.45) is 0. The number of rotatable bonds is 8. The highest BCUT2D eigenvalue weighted by Gasteiger charge is 2.17. The molecule has 2 N–H and O–H groups in total. The number of amides is 1. The van der Waals surface area contributed by atoms with Gasteiger partial charge < -0.3 is 10.1 Å². The van der Waals surface area contributed by atoms with Gasteiger partial charge in [0.25, 0.3) is 15.9 Å². The second-order valence-electron chi connectivity index (χ2n) is 8.07. The summed E-state index contributed by atoms with van der Waals surface area (Å²) in [5, 5.41) is 2.92. The fourth-order valence-electron chi connectivity index (χ4n) is 3.34. The van der Waals surface area contributed by atoms with Crippen molar-refractivity contribution < 1.29 is 22.3 Å². The minimum atomic E-state index is -3.86. The van der Waals surface area contributed by atoms with Gasteiger partial charge >= 0.3 is 0 Å². The van der Waals surface area contributed by atoms with Crippen LogP contribution in [-0.4, -0.2) is 20.9 Å². The zero-order chi connectivity index (χ0) is 24.2. The van der Waals surface area contributed by atoms with Gasteiger partial charge in [0.05, 0.1) is 4.90 Å². The van der Waals surface area contributed by atoms with Gasteiger partial charge in [0, 0.05) is 11.4 Å². The predicted molar refractivity (Wildman–Crippen MR) is 128 cm³/mol. The molecule has 3 aromatic rings. The van der Waals surface area contributed by atoms with Gasteiger partial charge in [-0.1, -0.05) is 32.0 Å². The van der Waals surface area contributed by atoms with Crippen molar-refractivity contribution in [2.75, 3.05) is 16.6 Å². The number of para-hydroxylation sites is 1. The highest BCUT2D eigenvalue weighted by atomic mass is 32.2. The molecule has 8 heteroatoms. The third-order valence-electron chi connectivity index (χ3n) is 5.10. The van der Waals surface area contributed by atoms with E-state index >= 15 is 0 Å². The van der Waals surface area contributed by atoms with Crippen molar-refractivity contribution in [3.8, 4) is 5.75 Å². The standard InChI is InChI=1S/C25H27FN2O4S/c1-16(2)22-7-5-6-17(3)25(22)27-24(29)15-32-23-13-12-21(14-18(23)4)33(30,31)28-20-10-8-19(26)9-11-20/h5-14,16,28H,15H2,1-4H3,(H,27,29). The number of ether oxygens (including phenoxy) is 1. The predicted octanol–water partition coefficient (Wildman–Crippen LogP) is 5.38. The quantitative estimate of drug-likeness (QED) is 0.463. The Labute approximate surface area is 193 Å². The lowest BCUT2D eigenvalue weighted by Crippen LogP contribution is -2.22. The molecule has 174 valence electrons. The van der Waals surface area contributed by atoms with Gasteiger partial charge in [-0.05, 0) is 78.9 Å². The number of nitrogens with one attached hydrogen (secondary N) is 2. The third-order valence-corrected chi connectivity index (χ3v) is 6.48. The van der Waals surface area contributed by atoms with E-state index < -0.39 is 15.8 Å². The molecular weight excluding hydrogens is 443 g/mol. The van der Waals surface area contributed by atoms with Crippen molar-refractivity contribution in [1.29, 1.82) is 0 Å². The van der Waals surface area contributed by atoms with Crippen LogP contribution in [-0.2, 0) is 14.8 Å². The molecule has 0 saturated carbocycles. The molecule has 0 aliphatic heterocycles. The molecule has 3 aromatic carbocycles. The maximum absolute atomic E-state index is 13.0. The summed E-state index contributed by atoms with van der Waals surface area (Å²) in [7, 11) is -3.86. The Kier molecular flexibility index (Phi) is 7.38. The van der Waals surface area contributed by atoms with Crippen molar-refractivity contribution in [3.05, 3.63) is 83.2 Å². The lowest BCUT2D eigenvalue weighted by atomic mass is 9.98. The van der Waals surface area contributed by atoms with Crippen molar-refractivity contribution in [2.24, 2.45) is 0 Å². The number of halogens is 1. The minimum Gasteiger partial charge on any atom is -0.483 e. The number of sulfonamides is 1. The van der Waals surface area contributed by atoms with Crippen molar-refractivity contribution in [3.63, 3.8) is 0 Å². The fourth-order valence-corrected chi connectivity index (χ4v) is 4.49. The monoisotopic (exact) mass is 470 g/mol. The van der Waals surface area contributed by atoms with Gasteiger partial charge in [-0.25, -0.2) is 12.8 Å². The molecule has 0 spiro atoms. The SMILES string of the molecule is Cc1cc(S(=O)(=O)Nc2ccc(F)cc2)ccc1OCC(=O)Nc1c(C)cccc1C(C)C. The molecule has 6 nitrogen and oxygen atoms in total. The van der Waals surface area contributed by atoms with Gasteiger partial charge in [-0.3, -0.25) is 9.52 Å². The first-order valence-corrected chi connectivity index (χ1v) is 12.0. The first-order valence-electron chi connectivity index (χ1n) is 10.5. The van der Waals surface area contributed by atoms with Crippen LogP contribution in [0.5, 0.6) is 5.75 Å². The third kappa shape index (κ3) is 6.10. The number of hydrogen-bond donors (Lipinski definition) is 2. The number of carbonyl (C=O) groups excluding carboxylic acids is 1. The highest BCUT2D eigenvalue weighted by molar-refractivity contribution is 7.92. The Bertz CT molecular complexity index is 1260. The molecule has 0 bridgehead atoms. The molecule has 0 aliphatic carbocycles. The van der Waals surface area contributed by atoms with Gasteiger partial charge in [0.15, 0.2) is 6.61 Å². The molecule has 3 rings (SSSR count). The number of carbonyl (C=O) groups is 1. The van der Waals surface area contributed by atoms with Crippen LogP contribution in [0, 0.1) is 19.7 Å². The molecule has 0 saturated heterocycles. The normalized spacial score (nSPS) is 11.3. The second kappa shape index (κ2) is 10.0. The van der Waals surface area contributed by atoms with Crippen LogP contribution in [0.15, 0.2) is 65.6 Å². The van der Waals surface area contributed by atoms with Crippen molar-refractivity contribution >= 4 is 27.3 Å². The molecule has 0 fully saturated rings. The lowest BCUT2D eigenvalue weighted by Gasteiger charge is -2.17. The maximum Gasteiger partial charge on any atom is 0.262 e. The molecule has 0 heterocycles. The molecule has 0 atom stereocenters. The van der Waals surface area contributed by atoms with Crippen LogP contribution in [0.3, 0.4) is 0 Å². The Morgan fingerprint density at radius 2 is 1.70 bits per heavy atom. The van der Waals surface area contributed by atoms with Crippen LogP contribution < -0.4 is 14.8 Å². The highest BCUT2D eigenvalue weighted by Crippen LogP contribution is 2.28. The maximum atomic E-state index is 13.0. The second-order valence-corrected chi connectivity index (χ2v) is 9.75. The van der Waals surface area contributed by atoms with Crippen LogP contribution >= 0.6 is 0 Å². The van der Waals surface area contributed by atoms with E-state index in [-0.39, 0.29) is 29.0 Å². The zero-order valence-corrected chi connectivity index (χ0v) is 19.8. The largest absolute Gasteiger partial charge is 0.483 e. The number of hydrogen-bond acceptors (Lipinski definition) is 4. The van der Waals surface area contributed by atoms with Crippen molar-refractivity contribution in [2.45, 2.75) is 38.5 Å². The summed E-state index contributed by atoms with van der Waals surface area (Å²) < 4.78 is 46.4. The first kappa shape index (κ1) is 24.3. The Hall–Kier alpha value is -3.39. The molecule has 0 aromatic heterocycles. The summed E-state index contributed by atoms with van der Waals surface area (Å²) in [6.45, 7) is 7.54. The van der Waals surface area contributed by atoms with Gasteiger partial charge in [0.1, 0.15) is 11.6 Å². The number of benzene rings is 3. The van der Waals surface area contributed by atoms with Crippen LogP contribution in [0.4, 0.5) is 15.8 Å². The van der Waals surface area contributed by atoms with E-state index in [9.17, 15) is 17.6 Å². The summed E-state index contributed by atoms with van der Waals surface area (Å²) in [5.74, 6) is -0.108. The summed E-state index contributed by atoms with van der Waals surface area (Å²) >= 11 is 0. The van der Waals surface area contributed by atoms with Gasteiger partial charge in [-0.15, -0.1) is 0 Å². The van der Waals surface area contributed by atoms with E-state index in [1.54, 1.807) is 6.92 Å². The molecule has 0 unspecified atom stereocenters. The average Bonchev–Trinajstić information content (AvgIpc) is 2.75. The molecular formula is C25H27FN2O4S. The molecule has 1 amide bonds. The van der Waals surface area contributed by atoms with Crippen LogP contribution in [0.25, 0.3) is 0 Å². The van der Waals surface area contributed by atoms with Gasteiger partial charge in [0.2, 0.25) is 0 Å². The fraction of sp³-hybridized carbons (Fsp3) is 0.240. The van der Waals surface area contributed by atoms with E-state index in [2.05, 4.69) is 23.9 Å².